The first-order valence-electron chi connectivity index (χ1n) is 6.14. The van der Waals surface area contributed by atoms with Gasteiger partial charge in [-0.15, -0.1) is 0 Å². The summed E-state index contributed by atoms with van der Waals surface area (Å²) in [6.45, 7) is 10.1. The van der Waals surface area contributed by atoms with Gasteiger partial charge in [0, 0.05) is 12.2 Å². The average molecular weight is 224 g/mol. The molecule has 0 saturated heterocycles. The fourth-order valence-electron chi connectivity index (χ4n) is 1.97. The Hall–Kier alpha value is -0.870. The third kappa shape index (κ3) is 3.32. The van der Waals surface area contributed by atoms with E-state index in [2.05, 4.69) is 35.9 Å². The highest BCUT2D eigenvalue weighted by atomic mass is 15.3. The predicted octanol–water partition coefficient (Wildman–Crippen LogP) is 1.00. The Morgan fingerprint density at radius 2 is 2.06 bits per heavy atom. The van der Waals surface area contributed by atoms with Crippen LogP contribution < -0.4 is 11.1 Å². The zero-order valence-corrected chi connectivity index (χ0v) is 10.7. The number of aryl methyl sites for hydroxylation is 2. The smallest absolute Gasteiger partial charge is 0.0628 e. The molecule has 3 N–H and O–H groups in total. The van der Waals surface area contributed by atoms with E-state index >= 15 is 0 Å². The summed E-state index contributed by atoms with van der Waals surface area (Å²) in [4.78, 5) is 0. The molecule has 0 bridgehead atoms. The fraction of sp³-hybridized carbons (Fsp3) is 0.750. The van der Waals surface area contributed by atoms with Crippen molar-refractivity contribution in [3.8, 4) is 0 Å². The number of nitrogens with two attached hydrogens (primary N) is 1. The number of nitrogens with zero attached hydrogens (tertiary/aromatic N) is 2. The van der Waals surface area contributed by atoms with Crippen LogP contribution in [0.25, 0.3) is 0 Å². The Morgan fingerprint density at radius 3 is 2.62 bits per heavy atom. The summed E-state index contributed by atoms with van der Waals surface area (Å²) >= 11 is 0. The number of aromatic nitrogens is 2. The lowest BCUT2D eigenvalue weighted by molar-refractivity contribution is 0.630. The third-order valence-corrected chi connectivity index (χ3v) is 2.94. The Kier molecular flexibility index (Phi) is 5.49. The van der Waals surface area contributed by atoms with Gasteiger partial charge in [-0.1, -0.05) is 0 Å². The van der Waals surface area contributed by atoms with Gasteiger partial charge in [-0.3, -0.25) is 4.68 Å². The first kappa shape index (κ1) is 13.2. The molecule has 0 fully saturated rings. The highest BCUT2D eigenvalue weighted by Gasteiger charge is 2.09. The standard InChI is InChI=1S/C12H24N4/c1-4-16-11(3)12(10(2)15-16)6-9-14-8-5-7-13/h14H,4-9,13H2,1-3H3. The molecule has 0 radical (unpaired) electrons. The molecule has 0 amide bonds. The van der Waals surface area contributed by atoms with Crippen molar-refractivity contribution < 1.29 is 0 Å². The first-order chi connectivity index (χ1) is 7.70. The molecule has 1 aromatic rings. The maximum absolute atomic E-state index is 5.44. The zero-order valence-electron chi connectivity index (χ0n) is 10.7. The molecule has 0 aliphatic rings. The molecule has 0 unspecified atom stereocenters. The van der Waals surface area contributed by atoms with Crippen LogP contribution in [0.15, 0.2) is 0 Å². The lowest BCUT2D eigenvalue weighted by atomic mass is 10.1. The maximum atomic E-state index is 5.44. The van der Waals surface area contributed by atoms with E-state index in [0.717, 1.165) is 39.0 Å². The Balaban J connectivity index is 2.44. The summed E-state index contributed by atoms with van der Waals surface area (Å²) in [5.74, 6) is 0. The summed E-state index contributed by atoms with van der Waals surface area (Å²) in [7, 11) is 0. The molecule has 4 heteroatoms. The van der Waals surface area contributed by atoms with Crippen LogP contribution in [0.1, 0.15) is 30.3 Å². The molecule has 0 saturated carbocycles. The second kappa shape index (κ2) is 6.66. The van der Waals surface area contributed by atoms with Crippen molar-refractivity contribution in [2.75, 3.05) is 19.6 Å². The Labute approximate surface area is 98.2 Å². The minimum absolute atomic E-state index is 0.763. The minimum Gasteiger partial charge on any atom is -0.330 e. The molecule has 0 spiro atoms. The average Bonchev–Trinajstić information content (AvgIpc) is 2.55. The Morgan fingerprint density at radius 1 is 1.31 bits per heavy atom. The summed E-state index contributed by atoms with van der Waals surface area (Å²) in [6, 6.07) is 0. The van der Waals surface area contributed by atoms with Gasteiger partial charge in [-0.05, 0) is 58.8 Å². The first-order valence-corrected chi connectivity index (χ1v) is 6.14. The van der Waals surface area contributed by atoms with E-state index in [-0.39, 0.29) is 0 Å². The van der Waals surface area contributed by atoms with E-state index in [0.29, 0.717) is 0 Å². The van der Waals surface area contributed by atoms with Crippen LogP contribution >= 0.6 is 0 Å². The number of nitrogens with one attached hydrogen (secondary N) is 1. The molecule has 1 aromatic heterocycles. The van der Waals surface area contributed by atoms with Crippen molar-refractivity contribution in [1.82, 2.24) is 15.1 Å². The van der Waals surface area contributed by atoms with Crippen molar-refractivity contribution in [3.63, 3.8) is 0 Å². The lowest BCUT2D eigenvalue weighted by Crippen LogP contribution is -2.21. The normalized spacial score (nSPS) is 11.0. The molecule has 0 aliphatic heterocycles. The monoisotopic (exact) mass is 224 g/mol. The number of hydrogen-bond donors (Lipinski definition) is 2. The maximum Gasteiger partial charge on any atom is 0.0628 e. The summed E-state index contributed by atoms with van der Waals surface area (Å²) in [6.07, 6.45) is 2.11. The van der Waals surface area contributed by atoms with E-state index in [9.17, 15) is 0 Å². The van der Waals surface area contributed by atoms with Gasteiger partial charge >= 0.3 is 0 Å². The van der Waals surface area contributed by atoms with Crippen molar-refractivity contribution >= 4 is 0 Å². The largest absolute Gasteiger partial charge is 0.330 e. The van der Waals surface area contributed by atoms with Gasteiger partial charge in [-0.2, -0.15) is 5.10 Å². The van der Waals surface area contributed by atoms with Gasteiger partial charge in [0.05, 0.1) is 5.69 Å². The zero-order chi connectivity index (χ0) is 12.0. The van der Waals surface area contributed by atoms with Gasteiger partial charge in [0.15, 0.2) is 0 Å². The van der Waals surface area contributed by atoms with Gasteiger partial charge in [0.1, 0.15) is 0 Å². The second-order valence-corrected chi connectivity index (χ2v) is 4.11. The second-order valence-electron chi connectivity index (χ2n) is 4.11. The topological polar surface area (TPSA) is 55.9 Å². The molecule has 0 atom stereocenters. The Bertz CT molecular complexity index is 317. The number of rotatable bonds is 7. The van der Waals surface area contributed by atoms with Crippen LogP contribution in [0.4, 0.5) is 0 Å². The van der Waals surface area contributed by atoms with Gasteiger partial charge < -0.3 is 11.1 Å². The van der Waals surface area contributed by atoms with Crippen LogP contribution in [-0.2, 0) is 13.0 Å². The SMILES string of the molecule is CCn1nc(C)c(CCNCCCN)c1C. The van der Waals surface area contributed by atoms with Crippen LogP contribution in [0.5, 0.6) is 0 Å². The van der Waals surface area contributed by atoms with Crippen LogP contribution in [0.3, 0.4) is 0 Å². The minimum atomic E-state index is 0.763. The quantitative estimate of drug-likeness (QED) is 0.679. The molecule has 0 aliphatic carbocycles. The van der Waals surface area contributed by atoms with Crippen LogP contribution in [-0.4, -0.2) is 29.4 Å². The summed E-state index contributed by atoms with van der Waals surface area (Å²) < 4.78 is 2.07. The van der Waals surface area contributed by atoms with Gasteiger partial charge in [-0.25, -0.2) is 0 Å². The van der Waals surface area contributed by atoms with Crippen molar-refractivity contribution in [2.45, 2.75) is 40.2 Å². The van der Waals surface area contributed by atoms with Crippen molar-refractivity contribution in [3.05, 3.63) is 17.0 Å². The predicted molar refractivity (Wildman–Crippen MR) is 67.6 cm³/mol. The highest BCUT2D eigenvalue weighted by molar-refractivity contribution is 5.24. The lowest BCUT2D eigenvalue weighted by Gasteiger charge is -2.05. The van der Waals surface area contributed by atoms with E-state index in [1.165, 1.54) is 17.0 Å². The molecular weight excluding hydrogens is 200 g/mol. The van der Waals surface area contributed by atoms with Crippen molar-refractivity contribution in [2.24, 2.45) is 5.73 Å². The number of hydrogen-bond acceptors (Lipinski definition) is 3. The molecule has 1 heterocycles. The van der Waals surface area contributed by atoms with E-state index in [1.54, 1.807) is 0 Å². The van der Waals surface area contributed by atoms with E-state index in [1.807, 2.05) is 0 Å². The molecule has 16 heavy (non-hydrogen) atoms. The van der Waals surface area contributed by atoms with Crippen molar-refractivity contribution in [1.29, 1.82) is 0 Å². The summed E-state index contributed by atoms with van der Waals surface area (Å²) in [5, 5.41) is 7.91. The van der Waals surface area contributed by atoms with Crippen LogP contribution in [0, 0.1) is 13.8 Å². The molecule has 4 nitrogen and oxygen atoms in total. The summed E-state index contributed by atoms with van der Waals surface area (Å²) in [5.41, 5.74) is 9.30. The molecule has 92 valence electrons. The fourth-order valence-corrected chi connectivity index (χ4v) is 1.97. The van der Waals surface area contributed by atoms with Gasteiger partial charge in [0.25, 0.3) is 0 Å². The van der Waals surface area contributed by atoms with Gasteiger partial charge in [0.2, 0.25) is 0 Å². The van der Waals surface area contributed by atoms with E-state index in [4.69, 9.17) is 5.73 Å². The molecule has 0 aromatic carbocycles. The highest BCUT2D eigenvalue weighted by Crippen LogP contribution is 2.12. The molecule has 1 rings (SSSR count). The van der Waals surface area contributed by atoms with Crippen LogP contribution in [0.2, 0.25) is 0 Å². The molecular formula is C12H24N4. The van der Waals surface area contributed by atoms with E-state index < -0.39 is 0 Å². The third-order valence-electron chi connectivity index (χ3n) is 2.94.